The number of terminal acetylenes is 1. The molecule has 0 aromatic carbocycles. The molecule has 2 N–H and O–H groups in total. The minimum Gasteiger partial charge on any atom is -0.350 e. The summed E-state index contributed by atoms with van der Waals surface area (Å²) in [4.78, 5) is 11.1. The van der Waals surface area contributed by atoms with E-state index in [9.17, 15) is 4.79 Å². The summed E-state index contributed by atoms with van der Waals surface area (Å²) < 4.78 is 0. The molecule has 0 atom stereocenters. The Kier molecular flexibility index (Phi) is 2.91. The second-order valence-electron chi connectivity index (χ2n) is 2.18. The van der Waals surface area contributed by atoms with Crippen molar-refractivity contribution in [2.75, 3.05) is 6.54 Å². The minimum absolute atomic E-state index is 0.178. The number of nitrogens with one attached hydrogen (secondary N) is 2. The zero-order chi connectivity index (χ0) is 8.81. The zero-order valence-corrected chi connectivity index (χ0v) is 6.50. The number of hydrogen-bond acceptors (Lipinski definition) is 2. The van der Waals surface area contributed by atoms with Crippen LogP contribution in [0.25, 0.3) is 0 Å². The Morgan fingerprint density at radius 3 is 3.25 bits per heavy atom. The highest BCUT2D eigenvalue weighted by molar-refractivity contribution is 5.92. The van der Waals surface area contributed by atoms with Crippen LogP contribution in [0.2, 0.25) is 0 Å². The third-order valence-corrected chi connectivity index (χ3v) is 1.30. The summed E-state index contributed by atoms with van der Waals surface area (Å²) in [6.07, 6.45) is 7.08. The second-order valence-corrected chi connectivity index (χ2v) is 2.18. The van der Waals surface area contributed by atoms with Gasteiger partial charge >= 0.3 is 0 Å². The van der Waals surface area contributed by atoms with Gasteiger partial charge in [0.05, 0.1) is 0 Å². The first-order chi connectivity index (χ1) is 5.84. The van der Waals surface area contributed by atoms with E-state index in [2.05, 4.69) is 21.4 Å². The molecule has 0 spiro atoms. The molecule has 1 rings (SSSR count). The van der Waals surface area contributed by atoms with E-state index in [1.165, 1.54) is 6.20 Å². The molecular weight excluding hydrogens is 154 g/mol. The van der Waals surface area contributed by atoms with Gasteiger partial charge in [-0.3, -0.25) is 9.89 Å². The van der Waals surface area contributed by atoms with Crippen LogP contribution in [0.3, 0.4) is 0 Å². The molecule has 0 aliphatic carbocycles. The van der Waals surface area contributed by atoms with E-state index >= 15 is 0 Å². The van der Waals surface area contributed by atoms with Crippen molar-refractivity contribution in [1.82, 2.24) is 15.5 Å². The molecule has 0 unspecified atom stereocenters. The molecule has 12 heavy (non-hydrogen) atoms. The number of hydrogen-bond donors (Lipinski definition) is 2. The standard InChI is InChI=1S/C8H9N3O/c1-2-3-5-9-8(12)7-4-6-10-11-7/h1,4,6H,3,5H2,(H,9,12)(H,10,11). The molecule has 0 fully saturated rings. The average Bonchev–Trinajstić information content (AvgIpc) is 2.56. The lowest BCUT2D eigenvalue weighted by atomic mass is 10.4. The largest absolute Gasteiger partial charge is 0.350 e. The number of aromatic amines is 1. The molecule has 0 aliphatic heterocycles. The summed E-state index contributed by atoms with van der Waals surface area (Å²) in [5, 5.41) is 8.83. The fourth-order valence-corrected chi connectivity index (χ4v) is 0.726. The fraction of sp³-hybridized carbons (Fsp3) is 0.250. The summed E-state index contributed by atoms with van der Waals surface area (Å²) >= 11 is 0. The van der Waals surface area contributed by atoms with E-state index in [1.807, 2.05) is 0 Å². The van der Waals surface area contributed by atoms with Crippen LogP contribution in [0.15, 0.2) is 12.3 Å². The van der Waals surface area contributed by atoms with Crippen LogP contribution in [0, 0.1) is 12.3 Å². The van der Waals surface area contributed by atoms with E-state index in [0.29, 0.717) is 18.7 Å². The summed E-state index contributed by atoms with van der Waals surface area (Å²) in [7, 11) is 0. The molecule has 1 heterocycles. The first-order valence-corrected chi connectivity index (χ1v) is 3.55. The van der Waals surface area contributed by atoms with Gasteiger partial charge in [0.1, 0.15) is 5.69 Å². The van der Waals surface area contributed by atoms with Gasteiger partial charge in [-0.2, -0.15) is 5.10 Å². The van der Waals surface area contributed by atoms with E-state index in [4.69, 9.17) is 6.42 Å². The van der Waals surface area contributed by atoms with Crippen LogP contribution >= 0.6 is 0 Å². The Hall–Kier alpha value is -1.76. The first-order valence-electron chi connectivity index (χ1n) is 3.55. The Bertz CT molecular complexity index is 284. The third-order valence-electron chi connectivity index (χ3n) is 1.30. The zero-order valence-electron chi connectivity index (χ0n) is 6.50. The number of H-pyrrole nitrogens is 1. The quantitative estimate of drug-likeness (QED) is 0.492. The summed E-state index contributed by atoms with van der Waals surface area (Å²) in [6.45, 7) is 0.494. The van der Waals surface area contributed by atoms with Crippen molar-refractivity contribution >= 4 is 5.91 Å². The molecule has 1 amide bonds. The highest BCUT2D eigenvalue weighted by Crippen LogP contribution is 1.89. The maximum Gasteiger partial charge on any atom is 0.269 e. The molecule has 0 radical (unpaired) electrons. The number of carbonyl (C=O) groups is 1. The van der Waals surface area contributed by atoms with Gasteiger partial charge in [0.15, 0.2) is 0 Å². The Morgan fingerprint density at radius 2 is 2.67 bits per heavy atom. The number of amides is 1. The van der Waals surface area contributed by atoms with Crippen LogP contribution in [0.5, 0.6) is 0 Å². The van der Waals surface area contributed by atoms with Crippen molar-refractivity contribution in [2.45, 2.75) is 6.42 Å². The second kappa shape index (κ2) is 4.19. The molecule has 0 bridgehead atoms. The Labute approximate surface area is 70.4 Å². The lowest BCUT2D eigenvalue weighted by Gasteiger charge is -1.98. The van der Waals surface area contributed by atoms with Gasteiger partial charge in [-0.25, -0.2) is 0 Å². The molecule has 0 saturated heterocycles. The van der Waals surface area contributed by atoms with E-state index < -0.39 is 0 Å². The Balaban J connectivity index is 2.36. The van der Waals surface area contributed by atoms with E-state index in [1.54, 1.807) is 6.07 Å². The van der Waals surface area contributed by atoms with Crippen LogP contribution in [-0.2, 0) is 0 Å². The van der Waals surface area contributed by atoms with Gasteiger partial charge < -0.3 is 5.32 Å². The van der Waals surface area contributed by atoms with E-state index in [-0.39, 0.29) is 5.91 Å². The highest BCUT2D eigenvalue weighted by Gasteiger charge is 2.03. The molecule has 62 valence electrons. The summed E-state index contributed by atoms with van der Waals surface area (Å²) in [5.41, 5.74) is 0.451. The average molecular weight is 163 g/mol. The van der Waals surface area contributed by atoms with Crippen LogP contribution < -0.4 is 5.32 Å². The maximum absolute atomic E-state index is 11.1. The third kappa shape index (κ3) is 2.13. The lowest BCUT2D eigenvalue weighted by molar-refractivity contribution is 0.0949. The smallest absolute Gasteiger partial charge is 0.269 e. The molecule has 4 nitrogen and oxygen atoms in total. The monoisotopic (exact) mass is 163 g/mol. The molecule has 1 aromatic heterocycles. The number of aromatic nitrogens is 2. The molecule has 1 aromatic rings. The number of carbonyl (C=O) groups excluding carboxylic acids is 1. The van der Waals surface area contributed by atoms with Gasteiger partial charge in [0, 0.05) is 19.2 Å². The lowest BCUT2D eigenvalue weighted by Crippen LogP contribution is -2.24. The Morgan fingerprint density at radius 1 is 1.83 bits per heavy atom. The molecule has 0 aliphatic rings. The maximum atomic E-state index is 11.1. The SMILES string of the molecule is C#CCCNC(=O)c1ccn[nH]1. The predicted octanol–water partition coefficient (Wildman–Crippen LogP) is 0.163. The minimum atomic E-state index is -0.178. The van der Waals surface area contributed by atoms with Crippen LogP contribution in [0.4, 0.5) is 0 Å². The van der Waals surface area contributed by atoms with E-state index in [0.717, 1.165) is 0 Å². The van der Waals surface area contributed by atoms with Crippen molar-refractivity contribution in [2.24, 2.45) is 0 Å². The van der Waals surface area contributed by atoms with Crippen molar-refractivity contribution in [3.63, 3.8) is 0 Å². The topological polar surface area (TPSA) is 57.8 Å². The summed E-state index contributed by atoms with van der Waals surface area (Å²) in [6, 6.07) is 1.60. The molecule has 4 heteroatoms. The fourth-order valence-electron chi connectivity index (χ4n) is 0.726. The van der Waals surface area contributed by atoms with Crippen molar-refractivity contribution in [3.8, 4) is 12.3 Å². The van der Waals surface area contributed by atoms with Gasteiger partial charge in [-0.15, -0.1) is 12.3 Å². The van der Waals surface area contributed by atoms with Gasteiger partial charge in [-0.05, 0) is 6.07 Å². The number of rotatable bonds is 3. The van der Waals surface area contributed by atoms with Crippen molar-refractivity contribution in [1.29, 1.82) is 0 Å². The normalized spacial score (nSPS) is 8.92. The van der Waals surface area contributed by atoms with Crippen molar-refractivity contribution < 1.29 is 4.79 Å². The number of nitrogens with zero attached hydrogens (tertiary/aromatic N) is 1. The predicted molar refractivity (Wildman–Crippen MR) is 44.4 cm³/mol. The van der Waals surface area contributed by atoms with Crippen molar-refractivity contribution in [3.05, 3.63) is 18.0 Å². The van der Waals surface area contributed by atoms with Crippen LogP contribution in [-0.4, -0.2) is 22.6 Å². The van der Waals surface area contributed by atoms with Crippen LogP contribution in [0.1, 0.15) is 16.9 Å². The van der Waals surface area contributed by atoms with Gasteiger partial charge in [0.2, 0.25) is 0 Å². The van der Waals surface area contributed by atoms with Gasteiger partial charge in [-0.1, -0.05) is 0 Å². The first kappa shape index (κ1) is 8.34. The molecule has 0 saturated carbocycles. The summed E-state index contributed by atoms with van der Waals surface area (Å²) in [5.74, 6) is 2.25. The highest BCUT2D eigenvalue weighted by atomic mass is 16.1. The van der Waals surface area contributed by atoms with Gasteiger partial charge in [0.25, 0.3) is 5.91 Å². The molecular formula is C8H9N3O.